The molecule has 0 amide bonds. The maximum atomic E-state index is 4.37. The summed E-state index contributed by atoms with van der Waals surface area (Å²) in [5, 5.41) is 0. The summed E-state index contributed by atoms with van der Waals surface area (Å²) in [5.74, 6) is 0.916. The molecule has 0 fully saturated rings. The van der Waals surface area contributed by atoms with Gasteiger partial charge < -0.3 is 4.98 Å². The predicted molar refractivity (Wildman–Crippen MR) is 48.0 cm³/mol. The molecular formula is C9H11N3. The van der Waals surface area contributed by atoms with Crippen LogP contribution in [-0.4, -0.2) is 15.0 Å². The van der Waals surface area contributed by atoms with Gasteiger partial charge in [0.05, 0.1) is 16.7 Å². The number of aromatic nitrogens is 3. The van der Waals surface area contributed by atoms with E-state index in [0.717, 1.165) is 29.0 Å². The molecule has 2 aromatic heterocycles. The number of aryl methyl sites for hydroxylation is 2. The Morgan fingerprint density at radius 3 is 3.00 bits per heavy atom. The third kappa shape index (κ3) is 0.978. The molecule has 3 heteroatoms. The van der Waals surface area contributed by atoms with Gasteiger partial charge in [-0.2, -0.15) is 0 Å². The normalized spacial score (nSPS) is 10.8. The minimum Gasteiger partial charge on any atom is -0.358 e. The number of hydrogen-bond donors (Lipinski definition) is 1. The predicted octanol–water partition coefficient (Wildman–Crippen LogP) is 1.83. The van der Waals surface area contributed by atoms with Gasteiger partial charge in [-0.3, -0.25) is 0 Å². The van der Waals surface area contributed by atoms with Gasteiger partial charge in [0.15, 0.2) is 0 Å². The summed E-state index contributed by atoms with van der Waals surface area (Å²) in [6, 6.07) is 1.98. The van der Waals surface area contributed by atoms with Gasteiger partial charge in [0.2, 0.25) is 0 Å². The second kappa shape index (κ2) is 2.59. The van der Waals surface area contributed by atoms with Crippen LogP contribution in [0.2, 0.25) is 0 Å². The lowest BCUT2D eigenvalue weighted by Gasteiger charge is -1.98. The van der Waals surface area contributed by atoms with Crippen LogP contribution < -0.4 is 0 Å². The monoisotopic (exact) mass is 161 g/mol. The average molecular weight is 161 g/mol. The largest absolute Gasteiger partial charge is 0.358 e. The van der Waals surface area contributed by atoms with Crippen LogP contribution in [0.3, 0.4) is 0 Å². The summed E-state index contributed by atoms with van der Waals surface area (Å²) < 4.78 is 0. The van der Waals surface area contributed by atoms with E-state index in [0.29, 0.717) is 0 Å². The molecule has 1 N–H and O–H groups in total. The van der Waals surface area contributed by atoms with Crippen LogP contribution in [0.4, 0.5) is 0 Å². The van der Waals surface area contributed by atoms with Crippen molar-refractivity contribution < 1.29 is 0 Å². The van der Waals surface area contributed by atoms with Crippen molar-refractivity contribution in [3.63, 3.8) is 0 Å². The summed E-state index contributed by atoms with van der Waals surface area (Å²) >= 11 is 0. The van der Waals surface area contributed by atoms with Gasteiger partial charge >= 0.3 is 0 Å². The molecule has 0 saturated carbocycles. The number of hydrogen-bond acceptors (Lipinski definition) is 2. The van der Waals surface area contributed by atoms with Crippen LogP contribution >= 0.6 is 0 Å². The number of rotatable bonds is 1. The van der Waals surface area contributed by atoms with E-state index in [1.165, 1.54) is 0 Å². The number of aromatic amines is 1. The van der Waals surface area contributed by atoms with Gasteiger partial charge in [-0.05, 0) is 13.0 Å². The first-order valence-electron chi connectivity index (χ1n) is 4.12. The Morgan fingerprint density at radius 2 is 2.25 bits per heavy atom. The van der Waals surface area contributed by atoms with E-state index in [4.69, 9.17) is 0 Å². The highest BCUT2D eigenvalue weighted by atomic mass is 14.9. The molecule has 0 saturated heterocycles. The van der Waals surface area contributed by atoms with Gasteiger partial charge in [0.25, 0.3) is 0 Å². The molecule has 0 aliphatic carbocycles. The van der Waals surface area contributed by atoms with E-state index in [9.17, 15) is 0 Å². The average Bonchev–Trinajstić information content (AvgIpc) is 2.52. The Morgan fingerprint density at radius 1 is 1.42 bits per heavy atom. The van der Waals surface area contributed by atoms with Crippen molar-refractivity contribution in [2.75, 3.05) is 0 Å². The van der Waals surface area contributed by atoms with E-state index in [-0.39, 0.29) is 0 Å². The number of fused-ring (bicyclic) bond motifs is 1. The Labute approximate surface area is 70.9 Å². The Balaban J connectivity index is 2.75. The van der Waals surface area contributed by atoms with Crippen LogP contribution in [0.5, 0.6) is 0 Å². The van der Waals surface area contributed by atoms with Crippen molar-refractivity contribution in [1.82, 2.24) is 15.0 Å². The molecule has 3 nitrogen and oxygen atoms in total. The lowest BCUT2D eigenvalue weighted by Crippen LogP contribution is -1.95. The minimum atomic E-state index is 0.891. The molecule has 0 aromatic carbocycles. The first kappa shape index (κ1) is 7.28. The molecule has 0 aliphatic heterocycles. The van der Waals surface area contributed by atoms with Crippen LogP contribution in [0.15, 0.2) is 12.3 Å². The van der Waals surface area contributed by atoms with E-state index in [1.807, 2.05) is 19.2 Å². The van der Waals surface area contributed by atoms with Crippen molar-refractivity contribution in [2.45, 2.75) is 20.3 Å². The molecule has 2 aromatic rings. The fourth-order valence-corrected chi connectivity index (χ4v) is 1.32. The van der Waals surface area contributed by atoms with E-state index in [2.05, 4.69) is 21.9 Å². The first-order chi connectivity index (χ1) is 5.81. The zero-order valence-electron chi connectivity index (χ0n) is 7.26. The molecule has 12 heavy (non-hydrogen) atoms. The Bertz CT molecular complexity index is 403. The molecule has 62 valence electrons. The standard InChI is InChI=1S/C9H11N3/c1-3-8-11-6(2)9-7(12-8)4-5-10-9/h4-5,10H,3H2,1-2H3. The van der Waals surface area contributed by atoms with E-state index >= 15 is 0 Å². The molecule has 0 aliphatic rings. The Kier molecular flexibility index (Phi) is 1.57. The SMILES string of the molecule is CCc1nc(C)c2[nH]ccc2n1. The second-order valence-electron chi connectivity index (χ2n) is 2.82. The smallest absolute Gasteiger partial charge is 0.129 e. The molecule has 0 spiro atoms. The van der Waals surface area contributed by atoms with Gasteiger partial charge in [0.1, 0.15) is 5.82 Å². The third-order valence-electron chi connectivity index (χ3n) is 1.95. The van der Waals surface area contributed by atoms with Crippen LogP contribution in [0, 0.1) is 6.92 Å². The molecule has 2 heterocycles. The molecule has 0 atom stereocenters. The van der Waals surface area contributed by atoms with Gasteiger partial charge in [-0.25, -0.2) is 9.97 Å². The molecule has 0 unspecified atom stereocenters. The summed E-state index contributed by atoms with van der Waals surface area (Å²) in [5.41, 5.74) is 3.09. The molecular weight excluding hydrogens is 150 g/mol. The number of nitrogens with zero attached hydrogens (tertiary/aromatic N) is 2. The summed E-state index contributed by atoms with van der Waals surface area (Å²) in [6.07, 6.45) is 2.79. The highest BCUT2D eigenvalue weighted by Crippen LogP contribution is 2.12. The van der Waals surface area contributed by atoms with Crippen LogP contribution in [0.1, 0.15) is 18.4 Å². The summed E-state index contributed by atoms with van der Waals surface area (Å²) in [4.78, 5) is 11.8. The zero-order valence-corrected chi connectivity index (χ0v) is 7.26. The van der Waals surface area contributed by atoms with Gasteiger partial charge in [-0.15, -0.1) is 0 Å². The number of nitrogens with one attached hydrogen (secondary N) is 1. The minimum absolute atomic E-state index is 0.891. The van der Waals surface area contributed by atoms with E-state index < -0.39 is 0 Å². The fraction of sp³-hybridized carbons (Fsp3) is 0.333. The van der Waals surface area contributed by atoms with Crippen molar-refractivity contribution in [3.05, 3.63) is 23.8 Å². The topological polar surface area (TPSA) is 41.6 Å². The van der Waals surface area contributed by atoms with Crippen molar-refractivity contribution in [1.29, 1.82) is 0 Å². The molecule has 2 rings (SSSR count). The van der Waals surface area contributed by atoms with Gasteiger partial charge in [0, 0.05) is 12.6 Å². The maximum Gasteiger partial charge on any atom is 0.129 e. The zero-order chi connectivity index (χ0) is 8.55. The van der Waals surface area contributed by atoms with E-state index in [1.54, 1.807) is 0 Å². The van der Waals surface area contributed by atoms with Crippen LogP contribution in [0.25, 0.3) is 11.0 Å². The third-order valence-corrected chi connectivity index (χ3v) is 1.95. The fourth-order valence-electron chi connectivity index (χ4n) is 1.32. The highest BCUT2D eigenvalue weighted by molar-refractivity contribution is 5.76. The van der Waals surface area contributed by atoms with Crippen molar-refractivity contribution in [3.8, 4) is 0 Å². The lowest BCUT2D eigenvalue weighted by molar-refractivity contribution is 0.940. The van der Waals surface area contributed by atoms with Crippen molar-refractivity contribution >= 4 is 11.0 Å². The second-order valence-corrected chi connectivity index (χ2v) is 2.82. The quantitative estimate of drug-likeness (QED) is 0.693. The summed E-state index contributed by atoms with van der Waals surface area (Å²) in [7, 11) is 0. The molecule has 0 radical (unpaired) electrons. The lowest BCUT2D eigenvalue weighted by atomic mass is 10.3. The Hall–Kier alpha value is -1.38. The maximum absolute atomic E-state index is 4.37. The van der Waals surface area contributed by atoms with Gasteiger partial charge in [-0.1, -0.05) is 6.92 Å². The highest BCUT2D eigenvalue weighted by Gasteiger charge is 2.02. The van der Waals surface area contributed by atoms with Crippen LogP contribution in [-0.2, 0) is 6.42 Å². The van der Waals surface area contributed by atoms with Crippen molar-refractivity contribution in [2.24, 2.45) is 0 Å². The summed E-state index contributed by atoms with van der Waals surface area (Å²) in [6.45, 7) is 4.06. The first-order valence-corrected chi connectivity index (χ1v) is 4.12. The number of H-pyrrole nitrogens is 1. The molecule has 0 bridgehead atoms.